The molecule has 6 nitrogen and oxygen atoms in total. The highest BCUT2D eigenvalue weighted by Crippen LogP contribution is 2.44. The molecule has 1 atom stereocenters. The zero-order valence-electron chi connectivity index (χ0n) is 23.3. The summed E-state index contributed by atoms with van der Waals surface area (Å²) in [4.78, 5) is 23.1. The van der Waals surface area contributed by atoms with Crippen LogP contribution in [0.15, 0.2) is 48.5 Å². The lowest BCUT2D eigenvalue weighted by molar-refractivity contribution is -0.166. The predicted molar refractivity (Wildman–Crippen MR) is 159 cm³/mol. The van der Waals surface area contributed by atoms with Crippen molar-refractivity contribution in [1.29, 1.82) is 0 Å². The molecular formula is C31H32ClN3O3S. The molecule has 202 valence electrons. The van der Waals surface area contributed by atoms with Gasteiger partial charge >= 0.3 is 5.97 Å². The topological polar surface area (TPSA) is 66.2 Å². The average molecular weight is 562 g/mol. The summed E-state index contributed by atoms with van der Waals surface area (Å²) in [5.74, 6) is 0.548. The second-order valence-corrected chi connectivity index (χ2v) is 12.1. The summed E-state index contributed by atoms with van der Waals surface area (Å²) in [6.45, 7) is 11.9. The number of esters is 1. The van der Waals surface area contributed by atoms with Gasteiger partial charge in [0, 0.05) is 28.8 Å². The lowest BCUT2D eigenvalue weighted by atomic mass is 9.91. The highest BCUT2D eigenvalue weighted by atomic mass is 35.5. The van der Waals surface area contributed by atoms with Gasteiger partial charge in [0.05, 0.1) is 33.5 Å². The summed E-state index contributed by atoms with van der Waals surface area (Å²) in [6.07, 6.45) is -0.904. The Labute approximate surface area is 237 Å². The first-order valence-electron chi connectivity index (χ1n) is 12.9. The Hall–Kier alpha value is -3.26. The van der Waals surface area contributed by atoms with E-state index in [9.17, 15) is 4.79 Å². The summed E-state index contributed by atoms with van der Waals surface area (Å²) in [5.41, 5.74) is 6.81. The molecule has 0 amide bonds. The van der Waals surface area contributed by atoms with Crippen LogP contribution in [0, 0.1) is 13.8 Å². The average Bonchev–Trinajstić information content (AvgIpc) is 3.42. The van der Waals surface area contributed by atoms with Gasteiger partial charge in [0.15, 0.2) is 6.10 Å². The maximum atomic E-state index is 13.3. The van der Waals surface area contributed by atoms with Gasteiger partial charge in [-0.15, -0.1) is 11.3 Å². The molecule has 3 aromatic carbocycles. The number of carbonyl (C=O) groups excluding carboxylic acids is 1. The molecule has 5 aromatic rings. The monoisotopic (exact) mass is 561 g/mol. The van der Waals surface area contributed by atoms with Crippen LogP contribution >= 0.6 is 22.9 Å². The summed E-state index contributed by atoms with van der Waals surface area (Å²) in [6, 6.07) is 16.0. The fraction of sp³-hybridized carbons (Fsp3) is 0.323. The zero-order valence-corrected chi connectivity index (χ0v) is 24.8. The number of rotatable bonds is 6. The van der Waals surface area contributed by atoms with Crippen LogP contribution in [0.2, 0.25) is 5.02 Å². The van der Waals surface area contributed by atoms with Gasteiger partial charge in [-0.3, -0.25) is 0 Å². The number of hydrogen-bond acceptors (Lipinski definition) is 6. The second kappa shape index (κ2) is 10.4. The first-order chi connectivity index (χ1) is 18.5. The first kappa shape index (κ1) is 27.3. The molecule has 0 spiro atoms. The minimum atomic E-state index is -0.904. The molecule has 0 saturated heterocycles. The van der Waals surface area contributed by atoms with E-state index in [2.05, 4.69) is 22.8 Å². The van der Waals surface area contributed by atoms with E-state index < -0.39 is 17.7 Å². The standard InChI is InChI=1S/C31H32ClN3O3S/c1-8-37-30(36)27(38-31(4,5)6)25-17(2)15-23-28(26(25)19-9-12-21(32)13-10-19)39-29(34-23)20-11-14-24-22(16-20)33-18(3)35(24)7/h9-16,27H,8H2,1-7H3/t27-/m0/s1. The minimum absolute atomic E-state index is 0.264. The van der Waals surface area contributed by atoms with Crippen molar-refractivity contribution in [2.24, 2.45) is 7.05 Å². The number of carbonyl (C=O) groups is 1. The van der Waals surface area contributed by atoms with Crippen LogP contribution in [-0.2, 0) is 21.3 Å². The Morgan fingerprint density at radius 3 is 2.38 bits per heavy atom. The summed E-state index contributed by atoms with van der Waals surface area (Å²) >= 11 is 7.85. The smallest absolute Gasteiger partial charge is 0.339 e. The van der Waals surface area contributed by atoms with E-state index in [1.54, 1.807) is 18.3 Å². The van der Waals surface area contributed by atoms with Crippen LogP contribution in [-0.4, -0.2) is 32.7 Å². The maximum absolute atomic E-state index is 13.3. The third kappa shape index (κ3) is 5.31. The molecule has 0 radical (unpaired) electrons. The Morgan fingerprint density at radius 1 is 1.03 bits per heavy atom. The number of thiazole rings is 1. The van der Waals surface area contributed by atoms with Crippen LogP contribution < -0.4 is 0 Å². The zero-order chi connectivity index (χ0) is 28.1. The van der Waals surface area contributed by atoms with Crippen molar-refractivity contribution >= 4 is 50.2 Å². The van der Waals surface area contributed by atoms with E-state index in [4.69, 9.17) is 31.0 Å². The molecule has 0 N–H and O–H groups in total. The number of nitrogens with zero attached hydrogens (tertiary/aromatic N) is 3. The molecule has 0 unspecified atom stereocenters. The van der Waals surface area contributed by atoms with Crippen molar-refractivity contribution in [3.8, 4) is 21.7 Å². The number of aromatic nitrogens is 3. The predicted octanol–water partition coefficient (Wildman–Crippen LogP) is 8.21. The first-order valence-corrected chi connectivity index (χ1v) is 14.1. The number of hydrogen-bond donors (Lipinski definition) is 0. The van der Waals surface area contributed by atoms with E-state index in [1.807, 2.05) is 72.0 Å². The van der Waals surface area contributed by atoms with Crippen molar-refractivity contribution in [1.82, 2.24) is 14.5 Å². The highest BCUT2D eigenvalue weighted by Gasteiger charge is 2.33. The Morgan fingerprint density at radius 2 is 1.72 bits per heavy atom. The van der Waals surface area contributed by atoms with E-state index in [-0.39, 0.29) is 6.61 Å². The van der Waals surface area contributed by atoms with E-state index in [0.29, 0.717) is 5.02 Å². The van der Waals surface area contributed by atoms with Gasteiger partial charge in [0.25, 0.3) is 0 Å². The number of halogens is 1. The van der Waals surface area contributed by atoms with Crippen molar-refractivity contribution in [3.63, 3.8) is 0 Å². The molecule has 39 heavy (non-hydrogen) atoms. The molecular weight excluding hydrogens is 530 g/mol. The molecule has 0 aliphatic rings. The van der Waals surface area contributed by atoms with Crippen LogP contribution in [0.1, 0.15) is 50.8 Å². The SMILES string of the molecule is CCOC(=O)[C@@H](OC(C)(C)C)c1c(C)cc2nc(-c3ccc4c(c3)nc(C)n4C)sc2c1-c1ccc(Cl)cc1. The van der Waals surface area contributed by atoms with Crippen LogP contribution in [0.5, 0.6) is 0 Å². The summed E-state index contributed by atoms with van der Waals surface area (Å²) < 4.78 is 14.9. The van der Waals surface area contributed by atoms with Gasteiger partial charge in [-0.1, -0.05) is 23.7 Å². The van der Waals surface area contributed by atoms with Crippen molar-refractivity contribution < 1.29 is 14.3 Å². The molecule has 0 fully saturated rings. The fourth-order valence-electron chi connectivity index (χ4n) is 4.83. The van der Waals surface area contributed by atoms with Gasteiger partial charge < -0.3 is 14.0 Å². The molecule has 0 bridgehead atoms. The Bertz CT molecular complexity index is 1700. The highest BCUT2D eigenvalue weighted by molar-refractivity contribution is 7.22. The second-order valence-electron chi connectivity index (χ2n) is 10.6. The Kier molecular flexibility index (Phi) is 7.27. The maximum Gasteiger partial charge on any atom is 0.339 e. The molecule has 2 aromatic heterocycles. The van der Waals surface area contributed by atoms with Gasteiger partial charge in [-0.25, -0.2) is 14.8 Å². The normalized spacial score (nSPS) is 12.8. The van der Waals surface area contributed by atoms with Crippen LogP contribution in [0.25, 0.3) is 42.9 Å². The third-order valence-corrected chi connectivity index (χ3v) is 8.04. The molecule has 8 heteroatoms. The van der Waals surface area contributed by atoms with Crippen LogP contribution in [0.4, 0.5) is 0 Å². The van der Waals surface area contributed by atoms with E-state index in [1.165, 1.54) is 0 Å². The van der Waals surface area contributed by atoms with Gasteiger partial charge in [-0.05, 0) is 89.1 Å². The van der Waals surface area contributed by atoms with Crippen molar-refractivity contribution in [2.45, 2.75) is 53.2 Å². The lowest BCUT2D eigenvalue weighted by Crippen LogP contribution is -2.29. The Balaban J connectivity index is 1.77. The molecule has 0 aliphatic heterocycles. The van der Waals surface area contributed by atoms with Crippen molar-refractivity contribution in [2.75, 3.05) is 6.61 Å². The number of aryl methyl sites for hydroxylation is 3. The fourth-order valence-corrected chi connectivity index (χ4v) is 6.07. The number of ether oxygens (including phenoxy) is 2. The quantitative estimate of drug-likeness (QED) is 0.195. The lowest BCUT2D eigenvalue weighted by Gasteiger charge is -2.29. The van der Waals surface area contributed by atoms with E-state index in [0.717, 1.165) is 59.9 Å². The van der Waals surface area contributed by atoms with Gasteiger partial charge in [-0.2, -0.15) is 0 Å². The summed E-state index contributed by atoms with van der Waals surface area (Å²) in [7, 11) is 2.02. The molecule has 5 rings (SSSR count). The number of imidazole rings is 1. The summed E-state index contributed by atoms with van der Waals surface area (Å²) in [5, 5.41) is 1.52. The molecule has 2 heterocycles. The third-order valence-electron chi connectivity index (χ3n) is 6.65. The minimum Gasteiger partial charge on any atom is -0.464 e. The van der Waals surface area contributed by atoms with Gasteiger partial charge in [0.1, 0.15) is 10.8 Å². The van der Waals surface area contributed by atoms with E-state index >= 15 is 0 Å². The largest absolute Gasteiger partial charge is 0.464 e. The number of benzene rings is 3. The van der Waals surface area contributed by atoms with Gasteiger partial charge in [0.2, 0.25) is 0 Å². The van der Waals surface area contributed by atoms with Crippen molar-refractivity contribution in [3.05, 3.63) is 70.5 Å². The molecule has 0 aliphatic carbocycles. The molecule has 0 saturated carbocycles. The number of fused-ring (bicyclic) bond motifs is 2. The van der Waals surface area contributed by atoms with Crippen LogP contribution in [0.3, 0.4) is 0 Å².